The molecule has 1 aliphatic heterocycles. The maximum absolute atomic E-state index is 10.4. The molecule has 1 unspecified atom stereocenters. The molecule has 2 aromatic heterocycles. The number of aliphatic imine (C=N–C) groups is 1. The van der Waals surface area contributed by atoms with E-state index in [-0.39, 0.29) is 0 Å². The summed E-state index contributed by atoms with van der Waals surface area (Å²) in [6, 6.07) is 9.52. The molecule has 4 rings (SSSR count). The number of aryl methyl sites for hydroxylation is 1. The Bertz CT molecular complexity index is 972. The van der Waals surface area contributed by atoms with Gasteiger partial charge in [0.1, 0.15) is 5.71 Å². The van der Waals surface area contributed by atoms with Crippen LogP contribution in [0.1, 0.15) is 36.0 Å². The fraction of sp³-hybridized carbons (Fsp3) is 0.167. The van der Waals surface area contributed by atoms with E-state index in [9.17, 15) is 5.11 Å². The predicted octanol–water partition coefficient (Wildman–Crippen LogP) is 3.47. The Labute approximate surface area is 157 Å². The molecule has 0 aliphatic carbocycles. The number of aliphatic hydroxyl groups is 1. The van der Waals surface area contributed by atoms with Gasteiger partial charge in [0, 0.05) is 23.2 Å². The number of benzene rings is 1. The van der Waals surface area contributed by atoms with E-state index in [1.54, 1.807) is 12.3 Å². The first-order chi connectivity index (χ1) is 12.4. The normalized spacial score (nSPS) is 15.1. The molecule has 0 radical (unpaired) electrons. The molecule has 0 saturated carbocycles. The standard InChI is InChI=1S/C16H12BrN3O2.C2H4O2/c1-9-8-20-12-5-4-10(17)7-11(12)14(13-3-2-6-22-13)19-16(21)15(20)18-9;1-2(3)4/h2-8,16,21H,1H3;1H3,(H,3,4). The van der Waals surface area contributed by atoms with Gasteiger partial charge in [0.05, 0.1) is 17.6 Å². The third-order valence-corrected chi connectivity index (χ3v) is 4.06. The average Bonchev–Trinajstić information content (AvgIpc) is 3.19. The SMILES string of the molecule is CC(=O)O.Cc1cn2c(n1)C(O)N=C(c1ccco1)c1cc(Br)ccc1-2. The van der Waals surface area contributed by atoms with Crippen LogP contribution in [0.15, 0.2) is 56.7 Å². The number of aromatic nitrogens is 2. The largest absolute Gasteiger partial charge is 0.481 e. The van der Waals surface area contributed by atoms with Gasteiger partial charge < -0.3 is 14.6 Å². The predicted molar refractivity (Wildman–Crippen MR) is 98.6 cm³/mol. The van der Waals surface area contributed by atoms with Crippen LogP contribution >= 0.6 is 15.9 Å². The molecule has 2 N–H and O–H groups in total. The summed E-state index contributed by atoms with van der Waals surface area (Å²) in [6.45, 7) is 2.98. The molecule has 0 saturated heterocycles. The minimum Gasteiger partial charge on any atom is -0.481 e. The molecule has 134 valence electrons. The molecule has 3 aromatic rings. The fourth-order valence-corrected chi connectivity index (χ4v) is 3.02. The topological polar surface area (TPSA) is 101 Å². The van der Waals surface area contributed by atoms with Crippen LogP contribution in [-0.4, -0.2) is 31.4 Å². The summed E-state index contributed by atoms with van der Waals surface area (Å²) in [5.74, 6) is 0.281. The van der Waals surface area contributed by atoms with Crippen molar-refractivity contribution in [3.63, 3.8) is 0 Å². The lowest BCUT2D eigenvalue weighted by molar-refractivity contribution is -0.134. The molecule has 0 fully saturated rings. The van der Waals surface area contributed by atoms with Gasteiger partial charge >= 0.3 is 0 Å². The third-order valence-electron chi connectivity index (χ3n) is 3.56. The van der Waals surface area contributed by atoms with E-state index < -0.39 is 12.2 Å². The van der Waals surface area contributed by atoms with Gasteiger partial charge in [-0.05, 0) is 37.3 Å². The van der Waals surface area contributed by atoms with E-state index >= 15 is 0 Å². The number of rotatable bonds is 1. The molecule has 26 heavy (non-hydrogen) atoms. The van der Waals surface area contributed by atoms with Crippen LogP contribution in [-0.2, 0) is 4.79 Å². The number of aliphatic carboxylic acids is 1. The third kappa shape index (κ3) is 3.61. The molecule has 1 aliphatic rings. The smallest absolute Gasteiger partial charge is 0.300 e. The van der Waals surface area contributed by atoms with Crippen molar-refractivity contribution in [1.29, 1.82) is 0 Å². The lowest BCUT2D eigenvalue weighted by Crippen LogP contribution is -2.06. The van der Waals surface area contributed by atoms with Crippen molar-refractivity contribution in [2.75, 3.05) is 0 Å². The molecular weight excluding hydrogens is 402 g/mol. The van der Waals surface area contributed by atoms with Crippen molar-refractivity contribution in [1.82, 2.24) is 9.55 Å². The van der Waals surface area contributed by atoms with E-state index in [1.165, 1.54) is 0 Å². The van der Waals surface area contributed by atoms with Crippen molar-refractivity contribution < 1.29 is 19.4 Å². The van der Waals surface area contributed by atoms with Gasteiger partial charge in [-0.25, -0.2) is 9.98 Å². The second kappa shape index (κ2) is 7.27. The Kier molecular flexibility index (Phi) is 5.06. The zero-order valence-electron chi connectivity index (χ0n) is 14.0. The highest BCUT2D eigenvalue weighted by atomic mass is 79.9. The van der Waals surface area contributed by atoms with E-state index in [4.69, 9.17) is 14.3 Å². The van der Waals surface area contributed by atoms with Crippen LogP contribution in [0.3, 0.4) is 0 Å². The average molecular weight is 418 g/mol. The molecule has 1 aromatic carbocycles. The quantitative estimate of drug-likeness (QED) is 0.630. The number of aliphatic hydroxyl groups excluding tert-OH is 1. The first-order valence-electron chi connectivity index (χ1n) is 7.72. The van der Waals surface area contributed by atoms with Gasteiger partial charge in [-0.3, -0.25) is 9.36 Å². The summed E-state index contributed by atoms with van der Waals surface area (Å²) in [7, 11) is 0. The van der Waals surface area contributed by atoms with Crippen LogP contribution < -0.4 is 0 Å². The maximum atomic E-state index is 10.4. The van der Waals surface area contributed by atoms with Crippen molar-refractivity contribution in [2.24, 2.45) is 4.99 Å². The van der Waals surface area contributed by atoms with Crippen LogP contribution in [0.2, 0.25) is 0 Å². The molecule has 0 amide bonds. The summed E-state index contributed by atoms with van der Waals surface area (Å²) in [5.41, 5.74) is 3.22. The van der Waals surface area contributed by atoms with Gasteiger partial charge in [-0.15, -0.1) is 0 Å². The monoisotopic (exact) mass is 417 g/mol. The van der Waals surface area contributed by atoms with Gasteiger partial charge in [0.25, 0.3) is 5.97 Å². The number of hydrogen-bond acceptors (Lipinski definition) is 5. The minimum absolute atomic E-state index is 0.502. The summed E-state index contributed by atoms with van der Waals surface area (Å²) in [5, 5.41) is 17.9. The number of imidazole rings is 1. The molecule has 1 atom stereocenters. The lowest BCUT2D eigenvalue weighted by Gasteiger charge is -2.10. The first kappa shape index (κ1) is 18.1. The minimum atomic E-state index is -1.04. The van der Waals surface area contributed by atoms with Crippen LogP contribution in [0.25, 0.3) is 5.69 Å². The maximum Gasteiger partial charge on any atom is 0.300 e. The molecule has 0 spiro atoms. The Balaban J connectivity index is 0.000000447. The number of halogens is 1. The summed E-state index contributed by atoms with van der Waals surface area (Å²) < 4.78 is 8.29. The van der Waals surface area contributed by atoms with Crippen molar-refractivity contribution in [2.45, 2.75) is 20.1 Å². The molecule has 7 nitrogen and oxygen atoms in total. The van der Waals surface area contributed by atoms with Crippen molar-refractivity contribution >= 4 is 27.6 Å². The zero-order chi connectivity index (χ0) is 18.8. The Morgan fingerprint density at radius 3 is 2.73 bits per heavy atom. The van der Waals surface area contributed by atoms with Gasteiger partial charge in [-0.2, -0.15) is 0 Å². The Hall–Kier alpha value is -2.71. The molecule has 8 heteroatoms. The number of furan rings is 1. The highest BCUT2D eigenvalue weighted by Gasteiger charge is 2.26. The summed E-state index contributed by atoms with van der Waals surface area (Å²) >= 11 is 3.49. The number of fused-ring (bicyclic) bond motifs is 3. The molecule has 3 heterocycles. The number of carboxylic acids is 1. The van der Waals surface area contributed by atoms with E-state index in [1.807, 2.05) is 42.0 Å². The molecular formula is C18H16BrN3O4. The highest BCUT2D eigenvalue weighted by Crippen LogP contribution is 2.31. The summed E-state index contributed by atoms with van der Waals surface area (Å²) in [6.07, 6.45) is 2.45. The zero-order valence-corrected chi connectivity index (χ0v) is 15.6. The number of carboxylic acid groups (broad SMARTS) is 1. The van der Waals surface area contributed by atoms with E-state index in [0.29, 0.717) is 17.3 Å². The lowest BCUT2D eigenvalue weighted by atomic mass is 10.1. The van der Waals surface area contributed by atoms with Crippen LogP contribution in [0.5, 0.6) is 0 Å². The van der Waals surface area contributed by atoms with Crippen LogP contribution in [0.4, 0.5) is 0 Å². The molecule has 0 bridgehead atoms. The first-order valence-corrected chi connectivity index (χ1v) is 8.51. The Morgan fingerprint density at radius 2 is 2.08 bits per heavy atom. The van der Waals surface area contributed by atoms with Gasteiger partial charge in [0.2, 0.25) is 6.23 Å². The van der Waals surface area contributed by atoms with Gasteiger partial charge in [-0.1, -0.05) is 15.9 Å². The second-order valence-electron chi connectivity index (χ2n) is 5.62. The van der Waals surface area contributed by atoms with Gasteiger partial charge in [0.15, 0.2) is 11.6 Å². The van der Waals surface area contributed by atoms with Crippen molar-refractivity contribution in [3.8, 4) is 5.69 Å². The van der Waals surface area contributed by atoms with E-state index in [0.717, 1.165) is 28.3 Å². The Morgan fingerprint density at radius 1 is 1.35 bits per heavy atom. The second-order valence-corrected chi connectivity index (χ2v) is 6.54. The number of carbonyl (C=O) groups is 1. The number of nitrogens with zero attached hydrogens (tertiary/aromatic N) is 3. The highest BCUT2D eigenvalue weighted by molar-refractivity contribution is 9.10. The number of hydrogen-bond donors (Lipinski definition) is 2. The summed E-state index contributed by atoms with van der Waals surface area (Å²) in [4.78, 5) is 17.8. The van der Waals surface area contributed by atoms with Crippen LogP contribution in [0, 0.1) is 6.92 Å². The fourth-order valence-electron chi connectivity index (χ4n) is 2.66. The van der Waals surface area contributed by atoms with E-state index in [2.05, 4.69) is 25.9 Å². The van der Waals surface area contributed by atoms with Crippen molar-refractivity contribution in [3.05, 3.63) is 70.1 Å².